The number of nitrogens with one attached hydrogen (secondary N) is 1. The SMILES string of the molecule is COC(=O)N[C@@H](C/C=C/c1ccccc1)C[N+](=O)[O-]. The lowest BCUT2D eigenvalue weighted by atomic mass is 10.1. The maximum Gasteiger partial charge on any atom is 0.407 e. The van der Waals surface area contributed by atoms with Crippen LogP contribution in [0.5, 0.6) is 0 Å². The predicted octanol–water partition coefficient (Wildman–Crippen LogP) is 2.09. The number of hydrogen-bond acceptors (Lipinski definition) is 4. The molecule has 6 heteroatoms. The highest BCUT2D eigenvalue weighted by atomic mass is 16.6. The fourth-order valence-corrected chi connectivity index (χ4v) is 1.52. The lowest BCUT2D eigenvalue weighted by Crippen LogP contribution is -2.39. The highest BCUT2D eigenvalue weighted by molar-refractivity contribution is 5.67. The van der Waals surface area contributed by atoms with E-state index in [0.717, 1.165) is 5.56 Å². The standard InChI is InChI=1S/C13H16N2O4/c1-19-13(16)14-12(10-15(17)18)9-5-8-11-6-3-2-4-7-11/h2-8,12H,9-10H2,1H3,(H,14,16)/b8-5+/t12-/m0/s1. The number of benzene rings is 1. The quantitative estimate of drug-likeness (QED) is 0.630. The summed E-state index contributed by atoms with van der Waals surface area (Å²) in [6.45, 7) is -0.339. The van der Waals surface area contributed by atoms with Crippen LogP contribution in [0.3, 0.4) is 0 Å². The zero-order chi connectivity index (χ0) is 14.1. The van der Waals surface area contributed by atoms with E-state index in [2.05, 4.69) is 10.1 Å². The normalized spacial score (nSPS) is 12.1. The molecule has 0 aromatic heterocycles. The second-order valence-electron chi connectivity index (χ2n) is 3.90. The number of hydrogen-bond donors (Lipinski definition) is 1. The number of carbonyl (C=O) groups excluding carboxylic acids is 1. The number of carbonyl (C=O) groups is 1. The van der Waals surface area contributed by atoms with Crippen LogP contribution in [0.2, 0.25) is 0 Å². The van der Waals surface area contributed by atoms with Gasteiger partial charge in [0.2, 0.25) is 6.54 Å². The summed E-state index contributed by atoms with van der Waals surface area (Å²) in [5, 5.41) is 12.9. The fourth-order valence-electron chi connectivity index (χ4n) is 1.52. The van der Waals surface area contributed by atoms with Crippen LogP contribution in [0.15, 0.2) is 36.4 Å². The van der Waals surface area contributed by atoms with Crippen molar-refractivity contribution in [2.24, 2.45) is 0 Å². The maximum atomic E-state index is 11.1. The molecule has 0 fully saturated rings. The Morgan fingerprint density at radius 1 is 1.47 bits per heavy atom. The zero-order valence-corrected chi connectivity index (χ0v) is 10.6. The van der Waals surface area contributed by atoms with E-state index in [4.69, 9.17) is 0 Å². The third kappa shape index (κ3) is 6.21. The van der Waals surface area contributed by atoms with Crippen molar-refractivity contribution in [1.29, 1.82) is 0 Å². The smallest absolute Gasteiger partial charge is 0.407 e. The van der Waals surface area contributed by atoms with Gasteiger partial charge in [0.05, 0.1) is 7.11 Å². The first-order valence-electron chi connectivity index (χ1n) is 5.79. The van der Waals surface area contributed by atoms with Crippen LogP contribution < -0.4 is 5.32 Å². The van der Waals surface area contributed by atoms with Gasteiger partial charge in [0.15, 0.2) is 0 Å². The van der Waals surface area contributed by atoms with Crippen LogP contribution in [0.1, 0.15) is 12.0 Å². The van der Waals surface area contributed by atoms with Crippen LogP contribution in [-0.2, 0) is 4.74 Å². The molecule has 1 N–H and O–H groups in total. The van der Waals surface area contributed by atoms with Crippen LogP contribution in [0, 0.1) is 10.1 Å². The molecular weight excluding hydrogens is 248 g/mol. The number of nitrogens with zero attached hydrogens (tertiary/aromatic N) is 1. The van der Waals surface area contributed by atoms with Crippen LogP contribution in [-0.4, -0.2) is 30.7 Å². The van der Waals surface area contributed by atoms with Crippen molar-refractivity contribution in [3.8, 4) is 0 Å². The minimum atomic E-state index is -0.667. The molecule has 0 aliphatic rings. The van der Waals surface area contributed by atoms with Gasteiger partial charge >= 0.3 is 6.09 Å². The van der Waals surface area contributed by atoms with Crippen molar-refractivity contribution in [3.63, 3.8) is 0 Å². The van der Waals surface area contributed by atoms with Crippen molar-refractivity contribution in [2.75, 3.05) is 13.7 Å². The molecule has 0 aliphatic carbocycles. The minimum absolute atomic E-state index is 0.339. The Balaban J connectivity index is 2.54. The Hall–Kier alpha value is -2.37. The first kappa shape index (κ1) is 14.7. The Kier molecular flexibility index (Phi) is 6.08. The topological polar surface area (TPSA) is 81.5 Å². The molecule has 0 saturated carbocycles. The van der Waals surface area contributed by atoms with Crippen molar-refractivity contribution in [2.45, 2.75) is 12.5 Å². The van der Waals surface area contributed by atoms with Gasteiger partial charge < -0.3 is 10.1 Å². The number of amides is 1. The van der Waals surface area contributed by atoms with Crippen molar-refractivity contribution in [1.82, 2.24) is 5.32 Å². The van der Waals surface area contributed by atoms with Crippen LogP contribution in [0.4, 0.5) is 4.79 Å². The van der Waals surface area contributed by atoms with Gasteiger partial charge in [0.1, 0.15) is 6.04 Å². The number of nitro groups is 1. The van der Waals surface area contributed by atoms with E-state index < -0.39 is 17.1 Å². The first-order chi connectivity index (χ1) is 9.11. The summed E-state index contributed by atoms with van der Waals surface area (Å²) in [5.74, 6) is 0. The lowest BCUT2D eigenvalue weighted by Gasteiger charge is -2.11. The predicted molar refractivity (Wildman–Crippen MR) is 71.3 cm³/mol. The number of alkyl carbamates (subject to hydrolysis) is 1. The summed E-state index contributed by atoms with van der Waals surface area (Å²) in [6, 6.07) is 8.98. The lowest BCUT2D eigenvalue weighted by molar-refractivity contribution is -0.483. The van der Waals surface area contributed by atoms with E-state index in [1.165, 1.54) is 7.11 Å². The summed E-state index contributed by atoms with van der Waals surface area (Å²) in [4.78, 5) is 21.1. The summed E-state index contributed by atoms with van der Waals surface area (Å²) in [6.07, 6.45) is 3.34. The molecule has 0 heterocycles. The van der Waals surface area contributed by atoms with E-state index >= 15 is 0 Å². The van der Waals surface area contributed by atoms with Crippen molar-refractivity contribution in [3.05, 3.63) is 52.1 Å². The molecule has 1 aromatic rings. The molecule has 0 spiro atoms. The number of methoxy groups -OCH3 is 1. The van der Waals surface area contributed by atoms with Gasteiger partial charge in [-0.2, -0.15) is 0 Å². The van der Waals surface area contributed by atoms with Gasteiger partial charge in [-0.25, -0.2) is 4.79 Å². The fraction of sp³-hybridized carbons (Fsp3) is 0.308. The first-order valence-corrected chi connectivity index (χ1v) is 5.79. The Bertz CT molecular complexity index is 445. The summed E-state index contributed by atoms with van der Waals surface area (Å²) in [5.41, 5.74) is 1.00. The maximum absolute atomic E-state index is 11.1. The number of ether oxygens (including phenoxy) is 1. The van der Waals surface area contributed by atoms with E-state index in [9.17, 15) is 14.9 Å². The molecule has 0 unspecified atom stereocenters. The second-order valence-corrected chi connectivity index (χ2v) is 3.90. The molecule has 0 saturated heterocycles. The molecule has 0 radical (unpaired) electrons. The Morgan fingerprint density at radius 3 is 2.74 bits per heavy atom. The molecule has 0 aliphatic heterocycles. The largest absolute Gasteiger partial charge is 0.453 e. The zero-order valence-electron chi connectivity index (χ0n) is 10.6. The highest BCUT2D eigenvalue weighted by Gasteiger charge is 2.16. The molecule has 102 valence electrons. The van der Waals surface area contributed by atoms with E-state index in [0.29, 0.717) is 6.42 Å². The third-order valence-electron chi connectivity index (χ3n) is 2.41. The van der Waals surface area contributed by atoms with Crippen molar-refractivity contribution < 1.29 is 14.5 Å². The monoisotopic (exact) mass is 264 g/mol. The van der Waals surface area contributed by atoms with Gasteiger partial charge in [0.25, 0.3) is 0 Å². The average Bonchev–Trinajstić information content (AvgIpc) is 2.39. The molecule has 19 heavy (non-hydrogen) atoms. The summed E-state index contributed by atoms with van der Waals surface area (Å²) in [7, 11) is 1.22. The molecule has 1 aromatic carbocycles. The summed E-state index contributed by atoms with van der Waals surface area (Å²) >= 11 is 0. The Morgan fingerprint density at radius 2 is 2.16 bits per heavy atom. The molecule has 1 rings (SSSR count). The third-order valence-corrected chi connectivity index (χ3v) is 2.41. The van der Waals surface area contributed by atoms with Gasteiger partial charge in [-0.15, -0.1) is 0 Å². The molecular formula is C13H16N2O4. The van der Waals surface area contributed by atoms with Crippen LogP contribution in [0.25, 0.3) is 6.08 Å². The van der Waals surface area contributed by atoms with Gasteiger partial charge in [-0.05, 0) is 12.0 Å². The highest BCUT2D eigenvalue weighted by Crippen LogP contribution is 2.04. The molecule has 6 nitrogen and oxygen atoms in total. The van der Waals surface area contributed by atoms with Gasteiger partial charge in [-0.1, -0.05) is 42.5 Å². The molecule has 0 bridgehead atoms. The van der Waals surface area contributed by atoms with Crippen LogP contribution >= 0.6 is 0 Å². The van der Waals surface area contributed by atoms with E-state index in [1.54, 1.807) is 6.08 Å². The second kappa shape index (κ2) is 7.86. The van der Waals surface area contributed by atoms with E-state index in [-0.39, 0.29) is 6.54 Å². The summed E-state index contributed by atoms with van der Waals surface area (Å²) < 4.78 is 4.43. The van der Waals surface area contributed by atoms with E-state index in [1.807, 2.05) is 36.4 Å². The van der Waals surface area contributed by atoms with Gasteiger partial charge in [0, 0.05) is 4.92 Å². The molecule has 1 amide bonds. The average molecular weight is 264 g/mol. The van der Waals surface area contributed by atoms with Gasteiger partial charge in [-0.3, -0.25) is 10.1 Å². The van der Waals surface area contributed by atoms with Crippen molar-refractivity contribution >= 4 is 12.2 Å². The molecule has 1 atom stereocenters. The number of rotatable bonds is 6. The Labute approximate surface area is 111 Å². The minimum Gasteiger partial charge on any atom is -0.453 e.